The van der Waals surface area contributed by atoms with Crippen LogP contribution in [0.3, 0.4) is 0 Å². The van der Waals surface area contributed by atoms with Crippen molar-refractivity contribution < 1.29 is 14.3 Å². The van der Waals surface area contributed by atoms with Crippen molar-refractivity contribution in [1.29, 1.82) is 0 Å². The Bertz CT molecular complexity index is 801. The van der Waals surface area contributed by atoms with Crippen molar-refractivity contribution in [2.75, 3.05) is 50.8 Å². The summed E-state index contributed by atoms with van der Waals surface area (Å²) in [5.41, 5.74) is 7.11. The van der Waals surface area contributed by atoms with Crippen LogP contribution < -0.4 is 10.6 Å². The van der Waals surface area contributed by atoms with Crippen LogP contribution in [0.5, 0.6) is 0 Å². The maximum atomic E-state index is 12.9. The van der Waals surface area contributed by atoms with E-state index in [0.29, 0.717) is 19.5 Å². The number of nitrogens with two attached hydrogens (primary N) is 1. The highest BCUT2D eigenvalue weighted by molar-refractivity contribution is 6.04. The lowest BCUT2D eigenvalue weighted by Gasteiger charge is -2.46. The van der Waals surface area contributed by atoms with E-state index in [9.17, 15) is 9.59 Å². The van der Waals surface area contributed by atoms with Crippen molar-refractivity contribution in [3.63, 3.8) is 0 Å². The predicted molar refractivity (Wildman–Crippen MR) is 110 cm³/mol. The zero-order valence-corrected chi connectivity index (χ0v) is 16.8. The number of fused-ring (bicyclic) bond motifs is 1. The third kappa shape index (κ3) is 2.94. The molecule has 1 aromatic carbocycles. The van der Waals surface area contributed by atoms with Gasteiger partial charge in [0.25, 0.3) is 0 Å². The van der Waals surface area contributed by atoms with Gasteiger partial charge in [-0.25, -0.2) is 4.79 Å². The second-order valence-electron chi connectivity index (χ2n) is 8.87. The number of carbonyl (C=O) groups is 2. The first-order chi connectivity index (χ1) is 14.0. The largest absolute Gasteiger partial charge is 0.379 e. The highest BCUT2D eigenvalue weighted by Crippen LogP contribution is 2.45. The van der Waals surface area contributed by atoms with Gasteiger partial charge in [0, 0.05) is 43.7 Å². The lowest BCUT2D eigenvalue weighted by molar-refractivity contribution is -0.124. The van der Waals surface area contributed by atoms with Crippen LogP contribution in [0, 0.1) is 6.42 Å². The number of hydrogen-bond acceptors (Lipinski definition) is 4. The zero-order valence-electron chi connectivity index (χ0n) is 16.8. The van der Waals surface area contributed by atoms with Gasteiger partial charge in [-0.15, -0.1) is 0 Å². The Morgan fingerprint density at radius 1 is 1.10 bits per heavy atom. The standard InChI is InChI=1S/C22H29N4O3/c23-19(27)22-9-2-10-26(22)20(28)25(16-22)18-5-3-17(4-6-18)21(7-1-8-21)15-24-11-13-29-14-12-24/h3-6,9H,1-2,7-8,10-16H2,(H2,23,27)/t22-/m1/s1. The molecule has 2 N–H and O–H groups in total. The second-order valence-corrected chi connectivity index (χ2v) is 8.87. The van der Waals surface area contributed by atoms with E-state index in [1.54, 1.807) is 9.80 Å². The molecule has 7 heteroatoms. The molecule has 3 saturated heterocycles. The van der Waals surface area contributed by atoms with E-state index in [4.69, 9.17) is 10.5 Å². The van der Waals surface area contributed by atoms with Gasteiger partial charge in [-0.05, 0) is 37.0 Å². The van der Waals surface area contributed by atoms with Crippen molar-refractivity contribution in [3.8, 4) is 0 Å². The Morgan fingerprint density at radius 3 is 2.41 bits per heavy atom. The smallest absolute Gasteiger partial charge is 0.325 e. The fourth-order valence-electron chi connectivity index (χ4n) is 5.45. The van der Waals surface area contributed by atoms with E-state index in [2.05, 4.69) is 17.0 Å². The number of urea groups is 1. The minimum Gasteiger partial charge on any atom is -0.379 e. The Labute approximate surface area is 171 Å². The summed E-state index contributed by atoms with van der Waals surface area (Å²) in [5, 5.41) is 0. The minimum atomic E-state index is -0.957. The Hall–Kier alpha value is -2.12. The number of hydrogen-bond donors (Lipinski definition) is 1. The molecule has 4 aliphatic rings. The lowest BCUT2D eigenvalue weighted by atomic mass is 9.64. The summed E-state index contributed by atoms with van der Waals surface area (Å²) in [6, 6.07) is 8.28. The first-order valence-electron chi connectivity index (χ1n) is 10.7. The van der Waals surface area contributed by atoms with Gasteiger partial charge in [0.05, 0.1) is 19.8 Å². The van der Waals surface area contributed by atoms with Crippen LogP contribution in [-0.2, 0) is 14.9 Å². The van der Waals surface area contributed by atoms with Crippen molar-refractivity contribution in [3.05, 3.63) is 36.2 Å². The molecule has 0 bridgehead atoms. The summed E-state index contributed by atoms with van der Waals surface area (Å²) in [6.07, 6.45) is 6.29. The first-order valence-corrected chi connectivity index (χ1v) is 10.7. The fourth-order valence-corrected chi connectivity index (χ4v) is 5.45. The summed E-state index contributed by atoms with van der Waals surface area (Å²) in [6.45, 7) is 5.58. The third-order valence-corrected chi connectivity index (χ3v) is 7.34. The number of rotatable bonds is 5. The molecule has 1 aliphatic carbocycles. The molecular formula is C22H29N4O3. The SMILES string of the molecule is NC(=O)[C@]12[CH]CCN1C(=O)N(c1ccc(C3(CN4CCOCC4)CCC3)cc1)C2. The van der Waals surface area contributed by atoms with Gasteiger partial charge in [-0.1, -0.05) is 18.6 Å². The molecule has 5 rings (SSSR count). The second kappa shape index (κ2) is 6.99. The molecular weight excluding hydrogens is 368 g/mol. The van der Waals surface area contributed by atoms with E-state index in [1.165, 1.54) is 24.8 Å². The van der Waals surface area contributed by atoms with Crippen LogP contribution in [0.1, 0.15) is 31.2 Å². The minimum absolute atomic E-state index is 0.128. The van der Waals surface area contributed by atoms with Crippen molar-refractivity contribution in [2.24, 2.45) is 5.73 Å². The van der Waals surface area contributed by atoms with Crippen molar-refractivity contribution >= 4 is 17.6 Å². The number of primary amides is 1. The Morgan fingerprint density at radius 2 is 1.83 bits per heavy atom. The van der Waals surface area contributed by atoms with Gasteiger partial charge in [0.15, 0.2) is 0 Å². The van der Waals surface area contributed by atoms with E-state index in [0.717, 1.165) is 38.5 Å². The molecule has 4 fully saturated rings. The third-order valence-electron chi connectivity index (χ3n) is 7.34. The van der Waals surface area contributed by atoms with E-state index < -0.39 is 11.4 Å². The van der Waals surface area contributed by atoms with Gasteiger partial charge in [0.2, 0.25) is 5.91 Å². The number of nitrogens with zero attached hydrogens (tertiary/aromatic N) is 3. The van der Waals surface area contributed by atoms with Crippen molar-refractivity contribution in [1.82, 2.24) is 9.80 Å². The van der Waals surface area contributed by atoms with E-state index in [-0.39, 0.29) is 11.4 Å². The van der Waals surface area contributed by atoms with Crippen LogP contribution >= 0.6 is 0 Å². The fraction of sp³-hybridized carbons (Fsp3) is 0.591. The predicted octanol–water partition coefficient (Wildman–Crippen LogP) is 1.51. The van der Waals surface area contributed by atoms with E-state index >= 15 is 0 Å². The summed E-state index contributed by atoms with van der Waals surface area (Å²) >= 11 is 0. The summed E-state index contributed by atoms with van der Waals surface area (Å²) < 4.78 is 5.49. The quantitative estimate of drug-likeness (QED) is 0.817. The molecule has 3 amide bonds. The van der Waals surface area contributed by atoms with Crippen LogP contribution in [0.4, 0.5) is 10.5 Å². The summed E-state index contributed by atoms with van der Waals surface area (Å²) in [5.74, 6) is -0.443. The van der Waals surface area contributed by atoms with Gasteiger partial charge in [-0.3, -0.25) is 14.6 Å². The molecule has 1 atom stereocenters. The number of ether oxygens (including phenoxy) is 1. The van der Waals surface area contributed by atoms with Crippen LogP contribution in [0.25, 0.3) is 0 Å². The molecule has 7 nitrogen and oxygen atoms in total. The molecule has 155 valence electrons. The van der Waals surface area contributed by atoms with Crippen LogP contribution in [0.15, 0.2) is 24.3 Å². The molecule has 1 radical (unpaired) electrons. The molecule has 3 aliphatic heterocycles. The van der Waals surface area contributed by atoms with Crippen molar-refractivity contribution in [2.45, 2.75) is 36.6 Å². The lowest BCUT2D eigenvalue weighted by Crippen LogP contribution is -2.53. The first kappa shape index (κ1) is 18.9. The number of carbonyl (C=O) groups excluding carboxylic acids is 2. The zero-order chi connectivity index (χ0) is 20.1. The number of anilines is 1. The maximum Gasteiger partial charge on any atom is 0.325 e. The number of morpholine rings is 1. The molecule has 0 aromatic heterocycles. The topological polar surface area (TPSA) is 79.1 Å². The van der Waals surface area contributed by atoms with Gasteiger partial charge >= 0.3 is 6.03 Å². The maximum absolute atomic E-state index is 12.9. The average molecular weight is 397 g/mol. The number of benzene rings is 1. The summed E-state index contributed by atoms with van der Waals surface area (Å²) in [7, 11) is 0. The monoisotopic (exact) mass is 397 g/mol. The van der Waals surface area contributed by atoms with Crippen LogP contribution in [-0.4, -0.2) is 73.2 Å². The Balaban J connectivity index is 1.35. The molecule has 3 heterocycles. The highest BCUT2D eigenvalue weighted by Gasteiger charge is 2.56. The van der Waals surface area contributed by atoms with Gasteiger partial charge in [-0.2, -0.15) is 0 Å². The highest BCUT2D eigenvalue weighted by atomic mass is 16.5. The average Bonchev–Trinajstić information content (AvgIpc) is 3.25. The summed E-state index contributed by atoms with van der Waals surface area (Å²) in [4.78, 5) is 30.8. The van der Waals surface area contributed by atoms with E-state index in [1.807, 2.05) is 18.6 Å². The Kier molecular flexibility index (Phi) is 4.55. The molecule has 1 saturated carbocycles. The molecule has 29 heavy (non-hydrogen) atoms. The molecule has 0 unspecified atom stereocenters. The van der Waals surface area contributed by atoms with Gasteiger partial charge in [0.1, 0.15) is 5.54 Å². The molecule has 1 aromatic rings. The van der Waals surface area contributed by atoms with Gasteiger partial charge < -0.3 is 15.4 Å². The molecule has 0 spiro atoms. The normalized spacial score (nSPS) is 29.0. The van der Waals surface area contributed by atoms with Crippen LogP contribution in [0.2, 0.25) is 0 Å². The number of amides is 3.